The molecule has 5 nitrogen and oxygen atoms in total. The zero-order valence-corrected chi connectivity index (χ0v) is 13.7. The summed E-state index contributed by atoms with van der Waals surface area (Å²) in [5.74, 6) is 0. The van der Waals surface area contributed by atoms with Crippen molar-refractivity contribution in [2.45, 2.75) is 25.9 Å². The minimum absolute atomic E-state index is 0.220. The molecular formula is C13H21ClN2O3S. The molecule has 0 saturated heterocycles. The van der Waals surface area contributed by atoms with Crippen LogP contribution in [0.2, 0.25) is 5.02 Å². The molecule has 0 spiro atoms. The summed E-state index contributed by atoms with van der Waals surface area (Å²) in [5, 5.41) is 3.72. The van der Waals surface area contributed by atoms with Crippen molar-refractivity contribution in [2.24, 2.45) is 0 Å². The third kappa shape index (κ3) is 5.98. The topological polar surface area (TPSA) is 67.4 Å². The van der Waals surface area contributed by atoms with E-state index in [2.05, 4.69) is 10.0 Å². The number of hydrogen-bond donors (Lipinski definition) is 2. The van der Waals surface area contributed by atoms with E-state index in [0.29, 0.717) is 22.9 Å². The molecule has 0 aliphatic rings. The molecule has 1 aromatic carbocycles. The van der Waals surface area contributed by atoms with E-state index in [1.54, 1.807) is 25.3 Å². The van der Waals surface area contributed by atoms with Crippen molar-refractivity contribution in [2.75, 3.05) is 29.9 Å². The summed E-state index contributed by atoms with van der Waals surface area (Å²) in [6, 6.07) is 4.94. The van der Waals surface area contributed by atoms with Gasteiger partial charge in [-0.3, -0.25) is 4.72 Å². The Kier molecular flexibility index (Phi) is 5.68. The van der Waals surface area contributed by atoms with Gasteiger partial charge in [-0.15, -0.1) is 0 Å². The first-order chi connectivity index (χ1) is 9.13. The zero-order valence-electron chi connectivity index (χ0n) is 12.2. The van der Waals surface area contributed by atoms with E-state index in [-0.39, 0.29) is 5.60 Å². The number of methoxy groups -OCH3 is 1. The van der Waals surface area contributed by atoms with Gasteiger partial charge >= 0.3 is 0 Å². The number of benzene rings is 1. The SMILES string of the molecule is COC(C)(C)CCNc1cc(NS(C)(=O)=O)ccc1Cl. The van der Waals surface area contributed by atoms with E-state index in [1.165, 1.54) is 0 Å². The van der Waals surface area contributed by atoms with Crippen LogP contribution < -0.4 is 10.0 Å². The van der Waals surface area contributed by atoms with E-state index in [4.69, 9.17) is 16.3 Å². The minimum atomic E-state index is -3.30. The molecule has 20 heavy (non-hydrogen) atoms. The minimum Gasteiger partial charge on any atom is -0.384 e. The summed E-state index contributed by atoms with van der Waals surface area (Å²) >= 11 is 6.08. The lowest BCUT2D eigenvalue weighted by Gasteiger charge is -2.23. The lowest BCUT2D eigenvalue weighted by molar-refractivity contribution is 0.0185. The van der Waals surface area contributed by atoms with Crippen molar-refractivity contribution in [3.05, 3.63) is 23.2 Å². The summed E-state index contributed by atoms with van der Waals surface area (Å²) < 4.78 is 30.1. The van der Waals surface area contributed by atoms with Crippen LogP contribution in [0.3, 0.4) is 0 Å². The largest absolute Gasteiger partial charge is 0.384 e. The molecule has 0 bridgehead atoms. The molecule has 0 fully saturated rings. The van der Waals surface area contributed by atoms with Crippen LogP contribution in [-0.4, -0.2) is 33.9 Å². The van der Waals surface area contributed by atoms with Gasteiger partial charge in [0.15, 0.2) is 0 Å². The Morgan fingerprint density at radius 2 is 2.00 bits per heavy atom. The van der Waals surface area contributed by atoms with Crippen molar-refractivity contribution in [3.8, 4) is 0 Å². The summed E-state index contributed by atoms with van der Waals surface area (Å²) in [6.45, 7) is 4.67. The zero-order chi connectivity index (χ0) is 15.4. The van der Waals surface area contributed by atoms with Gasteiger partial charge in [-0.1, -0.05) is 11.6 Å². The van der Waals surface area contributed by atoms with Crippen molar-refractivity contribution >= 4 is 33.0 Å². The van der Waals surface area contributed by atoms with Gasteiger partial charge in [-0.25, -0.2) is 8.42 Å². The van der Waals surface area contributed by atoms with E-state index in [9.17, 15) is 8.42 Å². The second-order valence-corrected chi connectivity index (χ2v) is 7.37. The van der Waals surface area contributed by atoms with Crippen LogP contribution in [0.15, 0.2) is 18.2 Å². The van der Waals surface area contributed by atoms with Gasteiger partial charge in [0.25, 0.3) is 0 Å². The molecule has 0 saturated carbocycles. The smallest absolute Gasteiger partial charge is 0.229 e. The fourth-order valence-corrected chi connectivity index (χ4v) is 2.28. The molecule has 2 N–H and O–H groups in total. The lowest BCUT2D eigenvalue weighted by atomic mass is 10.1. The number of halogens is 1. The first-order valence-corrected chi connectivity index (χ1v) is 8.46. The van der Waals surface area contributed by atoms with Gasteiger partial charge in [0.2, 0.25) is 10.0 Å². The van der Waals surface area contributed by atoms with Gasteiger partial charge in [-0.05, 0) is 38.5 Å². The average Bonchev–Trinajstić information content (AvgIpc) is 2.31. The number of ether oxygens (including phenoxy) is 1. The Bertz CT molecular complexity index is 559. The summed E-state index contributed by atoms with van der Waals surface area (Å²) in [4.78, 5) is 0. The van der Waals surface area contributed by atoms with Crippen LogP contribution in [0.1, 0.15) is 20.3 Å². The van der Waals surface area contributed by atoms with Gasteiger partial charge in [0.05, 0.1) is 28.3 Å². The molecule has 0 radical (unpaired) electrons. The molecule has 0 atom stereocenters. The standard InChI is InChI=1S/C13H21ClN2O3S/c1-13(2,19-3)7-8-15-12-9-10(5-6-11(12)14)16-20(4,17)18/h5-6,9,15-16H,7-8H2,1-4H3. The second kappa shape index (κ2) is 6.65. The highest BCUT2D eigenvalue weighted by molar-refractivity contribution is 7.92. The normalized spacial score (nSPS) is 12.2. The quantitative estimate of drug-likeness (QED) is 0.810. The van der Waals surface area contributed by atoms with E-state index < -0.39 is 10.0 Å². The van der Waals surface area contributed by atoms with Crippen LogP contribution in [0.5, 0.6) is 0 Å². The molecule has 1 aromatic rings. The molecule has 0 aliphatic heterocycles. The Morgan fingerprint density at radius 1 is 1.35 bits per heavy atom. The fraction of sp³-hybridized carbons (Fsp3) is 0.538. The average molecular weight is 321 g/mol. The van der Waals surface area contributed by atoms with Crippen molar-refractivity contribution in [3.63, 3.8) is 0 Å². The molecule has 114 valence electrons. The molecular weight excluding hydrogens is 300 g/mol. The third-order valence-electron chi connectivity index (χ3n) is 2.86. The Labute approximate surface area is 125 Å². The lowest BCUT2D eigenvalue weighted by Crippen LogP contribution is -2.25. The first-order valence-electron chi connectivity index (χ1n) is 6.19. The van der Waals surface area contributed by atoms with Crippen LogP contribution >= 0.6 is 11.6 Å². The Hall–Kier alpha value is -0.980. The maximum atomic E-state index is 11.2. The number of nitrogens with one attached hydrogen (secondary N) is 2. The highest BCUT2D eigenvalue weighted by Crippen LogP contribution is 2.26. The number of sulfonamides is 1. The summed E-state index contributed by atoms with van der Waals surface area (Å²) in [7, 11) is -1.63. The van der Waals surface area contributed by atoms with Gasteiger partial charge in [-0.2, -0.15) is 0 Å². The molecule has 0 amide bonds. The summed E-state index contributed by atoms with van der Waals surface area (Å²) in [5.41, 5.74) is 0.944. The van der Waals surface area contributed by atoms with Crippen molar-refractivity contribution in [1.82, 2.24) is 0 Å². The molecule has 7 heteroatoms. The maximum absolute atomic E-state index is 11.2. The van der Waals surface area contributed by atoms with Gasteiger partial charge in [0.1, 0.15) is 0 Å². The van der Waals surface area contributed by atoms with Gasteiger partial charge < -0.3 is 10.1 Å². The van der Waals surface area contributed by atoms with Crippen LogP contribution in [0.25, 0.3) is 0 Å². The Morgan fingerprint density at radius 3 is 2.55 bits per heavy atom. The molecule has 0 aromatic heterocycles. The molecule has 0 unspecified atom stereocenters. The predicted molar refractivity (Wildman–Crippen MR) is 84.1 cm³/mol. The van der Waals surface area contributed by atoms with Crippen molar-refractivity contribution < 1.29 is 13.2 Å². The highest BCUT2D eigenvalue weighted by Gasteiger charge is 2.15. The molecule has 0 heterocycles. The van der Waals surface area contributed by atoms with Crippen LogP contribution in [0, 0.1) is 0 Å². The monoisotopic (exact) mass is 320 g/mol. The third-order valence-corrected chi connectivity index (χ3v) is 3.80. The van der Waals surface area contributed by atoms with Gasteiger partial charge in [0, 0.05) is 13.7 Å². The first kappa shape index (κ1) is 17.1. The predicted octanol–water partition coefficient (Wildman–Crippen LogP) is 2.94. The number of hydrogen-bond acceptors (Lipinski definition) is 4. The van der Waals surface area contributed by atoms with Crippen LogP contribution in [-0.2, 0) is 14.8 Å². The fourth-order valence-electron chi connectivity index (χ4n) is 1.54. The number of rotatable bonds is 7. The maximum Gasteiger partial charge on any atom is 0.229 e. The number of anilines is 2. The highest BCUT2D eigenvalue weighted by atomic mass is 35.5. The molecule has 0 aliphatic carbocycles. The van der Waals surface area contributed by atoms with E-state index in [1.807, 2.05) is 13.8 Å². The molecule has 1 rings (SSSR count). The van der Waals surface area contributed by atoms with E-state index >= 15 is 0 Å². The second-order valence-electron chi connectivity index (χ2n) is 5.21. The van der Waals surface area contributed by atoms with E-state index in [0.717, 1.165) is 12.7 Å². The summed E-state index contributed by atoms with van der Waals surface area (Å²) in [6.07, 6.45) is 1.90. The van der Waals surface area contributed by atoms with Crippen LogP contribution in [0.4, 0.5) is 11.4 Å². The van der Waals surface area contributed by atoms with Crippen molar-refractivity contribution in [1.29, 1.82) is 0 Å². The Balaban J connectivity index is 2.72.